The van der Waals surface area contributed by atoms with E-state index in [9.17, 15) is 18.5 Å². The van der Waals surface area contributed by atoms with Crippen molar-refractivity contribution in [1.29, 1.82) is 0 Å². The molecule has 0 fully saturated rings. The SMILES string of the molecule is CS(=O)(=O)O.O=[N+]([O-])c1cc(Cn2cccn2)ccc1CO. The zero-order chi connectivity index (χ0) is 16.8. The van der Waals surface area contributed by atoms with E-state index in [-0.39, 0.29) is 12.3 Å². The molecule has 22 heavy (non-hydrogen) atoms. The highest BCUT2D eigenvalue weighted by Gasteiger charge is 2.13. The second kappa shape index (κ2) is 7.64. The van der Waals surface area contributed by atoms with Gasteiger partial charge >= 0.3 is 0 Å². The zero-order valence-corrected chi connectivity index (χ0v) is 12.5. The maximum atomic E-state index is 10.8. The molecule has 2 N–H and O–H groups in total. The standard InChI is InChI=1S/C11H11N3O3.CH4O3S/c15-8-10-3-2-9(6-11(10)14(16)17)7-13-5-1-4-12-13;1-5(2,3)4/h1-6,15H,7-8H2;1H3,(H,2,3,4). The van der Waals surface area contributed by atoms with Gasteiger partial charge in [-0.15, -0.1) is 0 Å². The summed E-state index contributed by atoms with van der Waals surface area (Å²) in [6.45, 7) is 0.137. The van der Waals surface area contributed by atoms with Crippen LogP contribution in [0.2, 0.25) is 0 Å². The van der Waals surface area contributed by atoms with E-state index in [0.717, 1.165) is 5.56 Å². The van der Waals surface area contributed by atoms with Crippen LogP contribution in [0.1, 0.15) is 11.1 Å². The smallest absolute Gasteiger partial charge is 0.275 e. The van der Waals surface area contributed by atoms with E-state index >= 15 is 0 Å². The molecule has 0 bridgehead atoms. The molecule has 0 saturated carbocycles. The third kappa shape index (κ3) is 6.43. The fourth-order valence-corrected chi connectivity index (χ4v) is 1.59. The van der Waals surface area contributed by atoms with Crippen LogP contribution in [0.4, 0.5) is 5.69 Å². The maximum Gasteiger partial charge on any atom is 0.275 e. The number of nitrogens with zero attached hydrogens (tertiary/aromatic N) is 3. The van der Waals surface area contributed by atoms with E-state index in [2.05, 4.69) is 5.10 Å². The van der Waals surface area contributed by atoms with Gasteiger partial charge in [-0.1, -0.05) is 6.07 Å². The number of aromatic nitrogens is 2. The van der Waals surface area contributed by atoms with Crippen LogP contribution in [0.25, 0.3) is 0 Å². The molecule has 0 atom stereocenters. The average molecular weight is 329 g/mol. The molecule has 0 aliphatic heterocycles. The number of aliphatic hydroxyl groups excluding tert-OH is 1. The highest BCUT2D eigenvalue weighted by Crippen LogP contribution is 2.20. The second-order valence-corrected chi connectivity index (χ2v) is 5.78. The normalized spacial score (nSPS) is 10.7. The van der Waals surface area contributed by atoms with Gasteiger partial charge in [-0.3, -0.25) is 19.3 Å². The molecule has 2 aromatic rings. The van der Waals surface area contributed by atoms with Gasteiger partial charge in [0.25, 0.3) is 15.8 Å². The van der Waals surface area contributed by atoms with Crippen LogP contribution in [-0.4, -0.2) is 39.0 Å². The summed E-state index contributed by atoms with van der Waals surface area (Å²) < 4.78 is 27.5. The van der Waals surface area contributed by atoms with Crippen molar-refractivity contribution in [2.45, 2.75) is 13.2 Å². The largest absolute Gasteiger partial charge is 0.391 e. The average Bonchev–Trinajstić information content (AvgIpc) is 2.89. The Hall–Kier alpha value is -2.30. The molecule has 1 heterocycles. The summed E-state index contributed by atoms with van der Waals surface area (Å²) in [7, 11) is -3.67. The molecule has 9 nitrogen and oxygen atoms in total. The number of nitro benzene ring substituents is 1. The quantitative estimate of drug-likeness (QED) is 0.482. The van der Waals surface area contributed by atoms with E-state index in [1.807, 2.05) is 0 Å². The van der Waals surface area contributed by atoms with Crippen molar-refractivity contribution in [1.82, 2.24) is 9.78 Å². The zero-order valence-electron chi connectivity index (χ0n) is 11.7. The van der Waals surface area contributed by atoms with Gasteiger partial charge in [0.15, 0.2) is 0 Å². The van der Waals surface area contributed by atoms with Crippen LogP contribution in [-0.2, 0) is 23.3 Å². The predicted octanol–water partition coefficient (Wildman–Crippen LogP) is 0.836. The molecular weight excluding hydrogens is 314 g/mol. The molecule has 0 aliphatic rings. The van der Waals surface area contributed by atoms with E-state index < -0.39 is 15.0 Å². The van der Waals surface area contributed by atoms with Crippen molar-refractivity contribution in [2.75, 3.05) is 6.26 Å². The Labute approximate surface area is 126 Å². The van der Waals surface area contributed by atoms with Crippen molar-refractivity contribution in [3.63, 3.8) is 0 Å². The molecule has 0 saturated heterocycles. The van der Waals surface area contributed by atoms with Crippen LogP contribution in [0.15, 0.2) is 36.7 Å². The minimum atomic E-state index is -3.67. The number of rotatable bonds is 4. The van der Waals surface area contributed by atoms with Crippen LogP contribution >= 0.6 is 0 Å². The molecule has 0 radical (unpaired) electrons. The monoisotopic (exact) mass is 329 g/mol. The first-order chi connectivity index (χ1) is 10.2. The van der Waals surface area contributed by atoms with E-state index in [4.69, 9.17) is 9.66 Å². The van der Waals surface area contributed by atoms with Gasteiger partial charge < -0.3 is 5.11 Å². The highest BCUT2D eigenvalue weighted by molar-refractivity contribution is 7.85. The van der Waals surface area contributed by atoms with Crippen LogP contribution < -0.4 is 0 Å². The molecule has 1 aromatic heterocycles. The predicted molar refractivity (Wildman–Crippen MR) is 77.8 cm³/mol. The van der Waals surface area contributed by atoms with E-state index in [0.29, 0.717) is 18.4 Å². The number of aliphatic hydroxyl groups is 1. The fourth-order valence-electron chi connectivity index (χ4n) is 1.59. The van der Waals surface area contributed by atoms with Crippen LogP contribution in [0, 0.1) is 10.1 Å². The van der Waals surface area contributed by atoms with E-state index in [1.54, 1.807) is 35.3 Å². The summed E-state index contributed by atoms with van der Waals surface area (Å²) in [5.41, 5.74) is 1.04. The van der Waals surface area contributed by atoms with Crippen LogP contribution in [0.5, 0.6) is 0 Å². The Bertz CT molecular complexity index is 719. The Balaban J connectivity index is 0.000000422. The number of nitro groups is 1. The van der Waals surface area contributed by atoms with E-state index in [1.165, 1.54) is 6.07 Å². The minimum Gasteiger partial charge on any atom is -0.391 e. The lowest BCUT2D eigenvalue weighted by Crippen LogP contribution is -2.02. The molecule has 1 aromatic carbocycles. The van der Waals surface area contributed by atoms with Gasteiger partial charge in [0.05, 0.1) is 29.9 Å². The molecule has 0 spiro atoms. The number of hydrogen-bond donors (Lipinski definition) is 2. The number of benzene rings is 1. The molecular formula is C12H15N3O6S. The van der Waals surface area contributed by atoms with Crippen molar-refractivity contribution >= 4 is 15.8 Å². The van der Waals surface area contributed by atoms with Gasteiger partial charge in [0, 0.05) is 18.5 Å². The first-order valence-corrected chi connectivity index (χ1v) is 7.82. The van der Waals surface area contributed by atoms with Gasteiger partial charge in [0.2, 0.25) is 0 Å². The third-order valence-electron chi connectivity index (χ3n) is 2.42. The summed E-state index contributed by atoms with van der Waals surface area (Å²) in [6.07, 6.45) is 4.15. The summed E-state index contributed by atoms with van der Waals surface area (Å²) in [4.78, 5) is 10.3. The Kier molecular flexibility index (Phi) is 6.16. The summed E-state index contributed by atoms with van der Waals surface area (Å²) in [6, 6.07) is 6.57. The van der Waals surface area contributed by atoms with Gasteiger partial charge in [-0.2, -0.15) is 13.5 Å². The third-order valence-corrected chi connectivity index (χ3v) is 2.42. The first-order valence-electron chi connectivity index (χ1n) is 5.97. The summed E-state index contributed by atoms with van der Waals surface area (Å²) >= 11 is 0. The topological polar surface area (TPSA) is 136 Å². The molecule has 10 heteroatoms. The lowest BCUT2D eigenvalue weighted by atomic mass is 10.1. The Morgan fingerprint density at radius 1 is 1.41 bits per heavy atom. The van der Waals surface area contributed by atoms with Crippen molar-refractivity contribution in [2.24, 2.45) is 0 Å². The molecule has 0 aliphatic carbocycles. The van der Waals surface area contributed by atoms with Crippen LogP contribution in [0.3, 0.4) is 0 Å². The fraction of sp³-hybridized carbons (Fsp3) is 0.250. The molecule has 0 amide bonds. The van der Waals surface area contributed by atoms with Gasteiger partial charge in [0.1, 0.15) is 0 Å². The summed E-state index contributed by atoms with van der Waals surface area (Å²) in [5, 5.41) is 23.8. The maximum absolute atomic E-state index is 10.8. The Morgan fingerprint density at radius 3 is 2.50 bits per heavy atom. The Morgan fingerprint density at radius 2 is 2.05 bits per heavy atom. The molecule has 0 unspecified atom stereocenters. The second-order valence-electron chi connectivity index (χ2n) is 4.31. The van der Waals surface area contributed by atoms with Gasteiger partial charge in [-0.25, -0.2) is 0 Å². The first kappa shape index (κ1) is 17.8. The van der Waals surface area contributed by atoms with Gasteiger partial charge in [-0.05, 0) is 17.7 Å². The lowest BCUT2D eigenvalue weighted by molar-refractivity contribution is -0.385. The lowest BCUT2D eigenvalue weighted by Gasteiger charge is -2.04. The van der Waals surface area contributed by atoms with Crippen molar-refractivity contribution < 1.29 is 23.0 Å². The minimum absolute atomic E-state index is 0.0582. The number of hydrogen-bond acceptors (Lipinski definition) is 6. The summed E-state index contributed by atoms with van der Waals surface area (Å²) in [5.74, 6) is 0. The molecule has 2 rings (SSSR count). The van der Waals surface area contributed by atoms with Crippen molar-refractivity contribution in [3.05, 3.63) is 57.9 Å². The highest BCUT2D eigenvalue weighted by atomic mass is 32.2. The molecule has 120 valence electrons. The van der Waals surface area contributed by atoms with Crippen molar-refractivity contribution in [3.8, 4) is 0 Å².